The van der Waals surface area contributed by atoms with Crippen molar-refractivity contribution < 1.29 is 18.3 Å². The van der Waals surface area contributed by atoms with Gasteiger partial charge in [0.05, 0.1) is 41.2 Å². The number of anilines is 2. The number of hydrogen-bond acceptors (Lipinski definition) is 7. The highest BCUT2D eigenvalue weighted by Gasteiger charge is 2.35. The van der Waals surface area contributed by atoms with E-state index in [-0.39, 0.29) is 35.3 Å². The lowest BCUT2D eigenvalue weighted by Crippen LogP contribution is -2.45. The summed E-state index contributed by atoms with van der Waals surface area (Å²) in [7, 11) is 1.71. The van der Waals surface area contributed by atoms with Crippen molar-refractivity contribution in [2.75, 3.05) is 25.6 Å². The third-order valence-electron chi connectivity index (χ3n) is 8.07. The summed E-state index contributed by atoms with van der Waals surface area (Å²) in [6.45, 7) is 3.33. The molecule has 8 nitrogen and oxygen atoms in total. The van der Waals surface area contributed by atoms with Crippen LogP contribution in [0.3, 0.4) is 0 Å². The fourth-order valence-corrected chi connectivity index (χ4v) is 6.07. The van der Waals surface area contributed by atoms with Gasteiger partial charge >= 0.3 is 0 Å². The van der Waals surface area contributed by atoms with Crippen LogP contribution in [0.5, 0.6) is 0 Å². The fourth-order valence-electron chi connectivity index (χ4n) is 6.07. The van der Waals surface area contributed by atoms with Gasteiger partial charge in [0.15, 0.2) is 0 Å². The van der Waals surface area contributed by atoms with Crippen LogP contribution in [-0.2, 0) is 9.47 Å². The van der Waals surface area contributed by atoms with Crippen LogP contribution in [0.25, 0.3) is 6.08 Å². The van der Waals surface area contributed by atoms with Crippen molar-refractivity contribution in [2.24, 2.45) is 11.7 Å². The molecule has 0 bridgehead atoms. The van der Waals surface area contributed by atoms with E-state index < -0.39 is 11.6 Å². The van der Waals surface area contributed by atoms with Gasteiger partial charge < -0.3 is 30.9 Å². The topological polar surface area (TPSA) is 122 Å². The van der Waals surface area contributed by atoms with E-state index in [0.717, 1.165) is 36.9 Å². The van der Waals surface area contributed by atoms with Gasteiger partial charge in [0.25, 0.3) is 0 Å². The second kappa shape index (κ2) is 12.4. The highest BCUT2D eigenvalue weighted by Crippen LogP contribution is 2.40. The van der Waals surface area contributed by atoms with Gasteiger partial charge in [-0.2, -0.15) is 0 Å². The first-order valence-corrected chi connectivity index (χ1v) is 13.7. The molecule has 4 atom stereocenters. The summed E-state index contributed by atoms with van der Waals surface area (Å²) in [6.07, 6.45) is 11.3. The first-order chi connectivity index (χ1) is 19.3. The lowest BCUT2D eigenvalue weighted by atomic mass is 9.74. The molecule has 1 saturated carbocycles. The highest BCUT2D eigenvalue weighted by molar-refractivity contribution is 6.09. The number of allylic oxidation sites excluding steroid dienone is 1. The number of imidazole rings is 1. The van der Waals surface area contributed by atoms with Gasteiger partial charge in [-0.1, -0.05) is 6.92 Å². The minimum atomic E-state index is -0.735. The number of nitrogens with two attached hydrogens (primary N) is 1. The van der Waals surface area contributed by atoms with Gasteiger partial charge in [-0.3, -0.25) is 4.98 Å². The van der Waals surface area contributed by atoms with E-state index in [4.69, 9.17) is 20.6 Å². The van der Waals surface area contributed by atoms with Crippen LogP contribution < -0.4 is 11.1 Å². The molecule has 2 aromatic heterocycles. The van der Waals surface area contributed by atoms with Crippen molar-refractivity contribution in [3.63, 3.8) is 0 Å². The molecule has 40 heavy (non-hydrogen) atoms. The van der Waals surface area contributed by atoms with Gasteiger partial charge in [-0.25, -0.2) is 13.8 Å². The molecule has 1 aliphatic heterocycles. The zero-order valence-electron chi connectivity index (χ0n) is 22.8. The van der Waals surface area contributed by atoms with E-state index in [9.17, 15) is 8.78 Å². The molecule has 0 unspecified atom stereocenters. The van der Waals surface area contributed by atoms with Gasteiger partial charge in [-0.15, -0.1) is 0 Å². The zero-order valence-corrected chi connectivity index (χ0v) is 22.8. The molecule has 1 saturated heterocycles. The minimum absolute atomic E-state index is 0.0412. The Morgan fingerprint density at radius 2 is 1.93 bits per heavy atom. The number of nitrogens with zero attached hydrogens (tertiary/aromatic N) is 2. The number of aromatic amines is 1. The number of methoxy groups -OCH3 is 1. The molecule has 3 heterocycles. The number of pyridine rings is 1. The third-order valence-corrected chi connectivity index (χ3v) is 8.07. The van der Waals surface area contributed by atoms with Crippen LogP contribution in [0.1, 0.15) is 66.8 Å². The van der Waals surface area contributed by atoms with Gasteiger partial charge in [0, 0.05) is 32.6 Å². The normalized spacial score (nSPS) is 23.9. The predicted molar refractivity (Wildman–Crippen MR) is 151 cm³/mol. The second-order valence-electron chi connectivity index (χ2n) is 10.8. The maximum absolute atomic E-state index is 14.9. The number of ether oxygens (including phenoxy) is 2. The van der Waals surface area contributed by atoms with E-state index in [1.54, 1.807) is 31.8 Å². The average Bonchev–Trinajstić information content (AvgIpc) is 3.39. The lowest BCUT2D eigenvalue weighted by Gasteiger charge is -2.38. The van der Waals surface area contributed by atoms with Crippen LogP contribution in [-0.4, -0.2) is 53.1 Å². The summed E-state index contributed by atoms with van der Waals surface area (Å²) < 4.78 is 40.7. The van der Waals surface area contributed by atoms with Crippen molar-refractivity contribution in [1.82, 2.24) is 15.0 Å². The van der Waals surface area contributed by atoms with Gasteiger partial charge in [-0.05, 0) is 84.9 Å². The zero-order chi connectivity index (χ0) is 28.2. The fraction of sp³-hybridized carbons (Fsp3) is 0.433. The molecule has 0 radical (unpaired) electrons. The van der Waals surface area contributed by atoms with Gasteiger partial charge in [0.2, 0.25) is 5.95 Å². The largest absolute Gasteiger partial charge is 0.381 e. The molecule has 5 rings (SSSR count). The Morgan fingerprint density at radius 3 is 2.62 bits per heavy atom. The molecular weight excluding hydrogens is 514 g/mol. The Bertz CT molecular complexity index is 1330. The van der Waals surface area contributed by atoms with Crippen LogP contribution in [0.15, 0.2) is 42.9 Å². The molecule has 3 aromatic rings. The summed E-state index contributed by atoms with van der Waals surface area (Å²) in [5, 5.41) is 11.6. The summed E-state index contributed by atoms with van der Waals surface area (Å²) in [5.41, 5.74) is 8.94. The number of aromatic nitrogens is 3. The Morgan fingerprint density at radius 1 is 1.18 bits per heavy atom. The first kappa shape index (κ1) is 28.1. The first-order valence-electron chi connectivity index (χ1n) is 13.7. The average molecular weight is 551 g/mol. The molecule has 0 amide bonds. The summed E-state index contributed by atoms with van der Waals surface area (Å²) in [4.78, 5) is 11.8. The molecule has 0 spiro atoms. The van der Waals surface area contributed by atoms with Crippen LogP contribution in [0.2, 0.25) is 0 Å². The van der Waals surface area contributed by atoms with Crippen molar-refractivity contribution in [3.05, 3.63) is 76.9 Å². The monoisotopic (exact) mass is 550 g/mol. The molecule has 1 aromatic carbocycles. The number of H-pyrrole nitrogens is 1. The Labute approximate surface area is 232 Å². The molecule has 212 valence electrons. The maximum Gasteiger partial charge on any atom is 0.205 e. The lowest BCUT2D eigenvalue weighted by molar-refractivity contribution is 0.00984. The molecule has 5 N–H and O–H groups in total. The standard InChI is InChI=1S/C30H36F2N6O2/c1-17-11-20(14-26(34)29(17)39-2)22-5-8-35-16-27(22)38-30-36-15-21(37-30)3-4-25(33)28-23(31)12-19(13-24(28)32)18-6-9-40-10-7-18/h3-5,8,12-13,15-18,20,26,29,33H,6-7,9-11,14,34H2,1-2H3,(H2,36,37,38)/b4-3-,33-25?/t17-,20+,26+,29-/m0/s1. The van der Waals surface area contributed by atoms with E-state index in [1.807, 2.05) is 6.07 Å². The number of hydrogen-bond donors (Lipinski definition) is 4. The van der Waals surface area contributed by atoms with E-state index >= 15 is 0 Å². The molecule has 2 aliphatic rings. The number of nitrogens with one attached hydrogen (secondary N) is 3. The number of rotatable bonds is 8. The predicted octanol–water partition coefficient (Wildman–Crippen LogP) is 5.66. The van der Waals surface area contributed by atoms with E-state index in [2.05, 4.69) is 27.2 Å². The SMILES string of the molecule is CO[C@@H]1[C@H](N)C[C@H](c2ccncc2Nc2ncc(/C=C\C(=N)c3c(F)cc(C4CCOCC4)cc3F)[nH]2)C[C@@H]1C. The minimum Gasteiger partial charge on any atom is -0.381 e. The Kier molecular flexibility index (Phi) is 8.68. The van der Waals surface area contributed by atoms with Crippen molar-refractivity contribution >= 4 is 23.4 Å². The number of benzene rings is 1. The maximum atomic E-state index is 14.9. The van der Waals surface area contributed by atoms with E-state index in [1.165, 1.54) is 18.2 Å². The summed E-state index contributed by atoms with van der Waals surface area (Å²) in [5.74, 6) is -0.348. The van der Waals surface area contributed by atoms with Crippen molar-refractivity contribution in [3.8, 4) is 0 Å². The Hall–Kier alpha value is -3.47. The molecule has 10 heteroatoms. The Balaban J connectivity index is 1.27. The second-order valence-corrected chi connectivity index (χ2v) is 10.8. The highest BCUT2D eigenvalue weighted by atomic mass is 19.1. The molecular formula is C30H36F2N6O2. The summed E-state index contributed by atoms with van der Waals surface area (Å²) in [6, 6.07) is 4.63. The van der Waals surface area contributed by atoms with Gasteiger partial charge in [0.1, 0.15) is 11.6 Å². The summed E-state index contributed by atoms with van der Waals surface area (Å²) >= 11 is 0. The van der Waals surface area contributed by atoms with Crippen molar-refractivity contribution in [2.45, 2.75) is 56.6 Å². The third kappa shape index (κ3) is 6.14. The van der Waals surface area contributed by atoms with E-state index in [0.29, 0.717) is 36.3 Å². The molecule has 1 aliphatic carbocycles. The smallest absolute Gasteiger partial charge is 0.205 e. The van der Waals surface area contributed by atoms with Crippen LogP contribution >= 0.6 is 0 Å². The van der Waals surface area contributed by atoms with Crippen LogP contribution in [0.4, 0.5) is 20.4 Å². The quantitative estimate of drug-likeness (QED) is 0.269. The molecule has 2 fully saturated rings. The number of halogens is 2. The van der Waals surface area contributed by atoms with Crippen LogP contribution in [0, 0.1) is 23.0 Å². The van der Waals surface area contributed by atoms with Crippen molar-refractivity contribution in [1.29, 1.82) is 5.41 Å².